The van der Waals surface area contributed by atoms with Gasteiger partial charge in [-0.25, -0.2) is 0 Å². The quantitative estimate of drug-likeness (QED) is 0.659. The van der Waals surface area contributed by atoms with Crippen molar-refractivity contribution >= 4 is 5.91 Å². The summed E-state index contributed by atoms with van der Waals surface area (Å²) in [4.78, 5) is 13.2. The van der Waals surface area contributed by atoms with Crippen LogP contribution in [0.4, 0.5) is 0 Å². The molecule has 1 rings (SSSR count). The van der Waals surface area contributed by atoms with Crippen LogP contribution >= 0.6 is 0 Å². The van der Waals surface area contributed by atoms with Crippen LogP contribution in [-0.2, 0) is 4.79 Å². The highest BCUT2D eigenvalue weighted by molar-refractivity contribution is 5.78. The summed E-state index contributed by atoms with van der Waals surface area (Å²) in [6, 6.07) is 2.15. The van der Waals surface area contributed by atoms with E-state index in [1.54, 1.807) is 0 Å². The van der Waals surface area contributed by atoms with E-state index in [0.29, 0.717) is 18.9 Å². The van der Waals surface area contributed by atoms with Crippen molar-refractivity contribution < 1.29 is 4.79 Å². The maximum Gasteiger partial charge on any atom is 0.222 e. The molecule has 1 fully saturated rings. The van der Waals surface area contributed by atoms with Crippen LogP contribution in [-0.4, -0.2) is 23.9 Å². The number of hydrogen-bond donors (Lipinski definition) is 0. The molecule has 0 aromatic heterocycles. The molecule has 0 saturated carbocycles. The van der Waals surface area contributed by atoms with Gasteiger partial charge in [0.15, 0.2) is 0 Å². The molecule has 1 amide bonds. The van der Waals surface area contributed by atoms with Crippen molar-refractivity contribution in [1.29, 1.82) is 5.26 Å². The molecule has 13 heavy (non-hydrogen) atoms. The lowest BCUT2D eigenvalue weighted by Gasteiger charge is -2.17. The van der Waals surface area contributed by atoms with Crippen molar-refractivity contribution in [2.24, 2.45) is 11.8 Å². The molecule has 0 N–H and O–H groups in total. The number of nitrogens with zero attached hydrogens (tertiary/aromatic N) is 2. The van der Waals surface area contributed by atoms with Gasteiger partial charge in [-0.05, 0) is 12.8 Å². The van der Waals surface area contributed by atoms with Gasteiger partial charge < -0.3 is 4.90 Å². The normalized spacial score (nSPS) is 24.5. The Kier molecular flexibility index (Phi) is 3.30. The molecule has 0 aromatic rings. The third-order valence-corrected chi connectivity index (χ3v) is 2.59. The zero-order valence-corrected chi connectivity index (χ0v) is 8.29. The molecular weight excluding hydrogens is 164 g/mol. The molecule has 1 saturated heterocycles. The fourth-order valence-corrected chi connectivity index (χ4v) is 1.68. The average Bonchev–Trinajstić information content (AvgIpc) is 2.47. The average molecular weight is 180 g/mol. The van der Waals surface area contributed by atoms with Crippen LogP contribution in [0.3, 0.4) is 0 Å². The van der Waals surface area contributed by atoms with Crippen LogP contribution in [0.5, 0.6) is 0 Å². The van der Waals surface area contributed by atoms with Crippen LogP contribution < -0.4 is 0 Å². The molecule has 1 aliphatic heterocycles. The van der Waals surface area contributed by atoms with Gasteiger partial charge in [0.2, 0.25) is 5.91 Å². The van der Waals surface area contributed by atoms with E-state index in [2.05, 4.69) is 13.0 Å². The first-order chi connectivity index (χ1) is 6.17. The van der Waals surface area contributed by atoms with Crippen molar-refractivity contribution in [3.05, 3.63) is 0 Å². The van der Waals surface area contributed by atoms with Gasteiger partial charge in [-0.2, -0.15) is 5.26 Å². The molecule has 0 radical (unpaired) electrons. The lowest BCUT2D eigenvalue weighted by atomic mass is 10.1. The van der Waals surface area contributed by atoms with Gasteiger partial charge in [-0.15, -0.1) is 0 Å². The summed E-state index contributed by atoms with van der Waals surface area (Å²) in [5, 5.41) is 8.62. The number of likely N-dealkylation sites (tertiary alicyclic amines) is 1. The standard InChI is InChI=1S/C10H16N2O/c1-3-9-4-10(13)12(7-9)6-8(2)5-11/h8-9H,3-4,6-7H2,1-2H3. The number of rotatable bonds is 3. The third-order valence-electron chi connectivity index (χ3n) is 2.59. The van der Waals surface area contributed by atoms with Gasteiger partial charge in [0, 0.05) is 19.5 Å². The maximum absolute atomic E-state index is 11.4. The van der Waals surface area contributed by atoms with Gasteiger partial charge in [0.05, 0.1) is 12.0 Å². The van der Waals surface area contributed by atoms with Gasteiger partial charge in [-0.1, -0.05) is 13.3 Å². The Morgan fingerprint density at radius 2 is 2.46 bits per heavy atom. The lowest BCUT2D eigenvalue weighted by Crippen LogP contribution is -2.29. The van der Waals surface area contributed by atoms with Gasteiger partial charge in [0.25, 0.3) is 0 Å². The number of hydrogen-bond acceptors (Lipinski definition) is 2. The highest BCUT2D eigenvalue weighted by Gasteiger charge is 2.28. The Bertz CT molecular complexity index is 232. The van der Waals surface area contributed by atoms with E-state index in [1.807, 2.05) is 11.8 Å². The molecular formula is C10H16N2O. The minimum Gasteiger partial charge on any atom is -0.341 e. The predicted molar refractivity (Wildman–Crippen MR) is 49.8 cm³/mol. The first-order valence-corrected chi connectivity index (χ1v) is 4.84. The van der Waals surface area contributed by atoms with E-state index in [-0.39, 0.29) is 11.8 Å². The fourth-order valence-electron chi connectivity index (χ4n) is 1.68. The number of carbonyl (C=O) groups excluding carboxylic acids is 1. The Balaban J connectivity index is 2.44. The molecule has 1 aliphatic rings. The SMILES string of the molecule is CCC1CC(=O)N(CC(C)C#N)C1. The molecule has 72 valence electrons. The largest absolute Gasteiger partial charge is 0.341 e. The molecule has 0 aliphatic carbocycles. The fraction of sp³-hybridized carbons (Fsp3) is 0.800. The third kappa shape index (κ3) is 2.45. The zero-order chi connectivity index (χ0) is 9.84. The number of amides is 1. The van der Waals surface area contributed by atoms with E-state index in [1.165, 1.54) is 0 Å². The first-order valence-electron chi connectivity index (χ1n) is 4.84. The molecule has 0 spiro atoms. The summed E-state index contributed by atoms with van der Waals surface area (Å²) in [7, 11) is 0. The van der Waals surface area contributed by atoms with Crippen molar-refractivity contribution in [2.45, 2.75) is 26.7 Å². The Morgan fingerprint density at radius 3 is 2.92 bits per heavy atom. The molecule has 3 nitrogen and oxygen atoms in total. The van der Waals surface area contributed by atoms with Crippen LogP contribution in [0, 0.1) is 23.2 Å². The van der Waals surface area contributed by atoms with Crippen molar-refractivity contribution in [3.63, 3.8) is 0 Å². The summed E-state index contributed by atoms with van der Waals surface area (Å²) < 4.78 is 0. The monoisotopic (exact) mass is 180 g/mol. The first kappa shape index (κ1) is 10.0. The van der Waals surface area contributed by atoms with Crippen molar-refractivity contribution in [3.8, 4) is 6.07 Å². The van der Waals surface area contributed by atoms with E-state index < -0.39 is 0 Å². The van der Waals surface area contributed by atoms with E-state index >= 15 is 0 Å². The number of carbonyl (C=O) groups is 1. The molecule has 2 unspecified atom stereocenters. The Morgan fingerprint density at radius 1 is 1.77 bits per heavy atom. The second kappa shape index (κ2) is 4.27. The summed E-state index contributed by atoms with van der Waals surface area (Å²) in [6.45, 7) is 5.41. The second-order valence-electron chi connectivity index (χ2n) is 3.81. The topological polar surface area (TPSA) is 44.1 Å². The summed E-state index contributed by atoms with van der Waals surface area (Å²) in [6.07, 6.45) is 1.73. The van der Waals surface area contributed by atoms with Gasteiger partial charge in [0.1, 0.15) is 0 Å². The van der Waals surface area contributed by atoms with Crippen LogP contribution in [0.2, 0.25) is 0 Å². The zero-order valence-electron chi connectivity index (χ0n) is 8.29. The Hall–Kier alpha value is -1.04. The van der Waals surface area contributed by atoms with Crippen molar-refractivity contribution in [2.75, 3.05) is 13.1 Å². The van der Waals surface area contributed by atoms with E-state index in [9.17, 15) is 4.79 Å². The molecule has 1 heterocycles. The summed E-state index contributed by atoms with van der Waals surface area (Å²) >= 11 is 0. The minimum atomic E-state index is -0.0421. The smallest absolute Gasteiger partial charge is 0.222 e. The maximum atomic E-state index is 11.4. The molecule has 0 bridgehead atoms. The Labute approximate surface area is 79.3 Å². The van der Waals surface area contributed by atoms with Crippen molar-refractivity contribution in [1.82, 2.24) is 4.90 Å². The molecule has 2 atom stereocenters. The van der Waals surface area contributed by atoms with E-state index in [0.717, 1.165) is 13.0 Å². The van der Waals surface area contributed by atoms with E-state index in [4.69, 9.17) is 5.26 Å². The highest BCUT2D eigenvalue weighted by atomic mass is 16.2. The lowest BCUT2D eigenvalue weighted by molar-refractivity contribution is -0.128. The molecule has 3 heteroatoms. The number of nitriles is 1. The van der Waals surface area contributed by atoms with Gasteiger partial charge >= 0.3 is 0 Å². The summed E-state index contributed by atoms with van der Waals surface area (Å²) in [5.41, 5.74) is 0. The highest BCUT2D eigenvalue weighted by Crippen LogP contribution is 2.21. The predicted octanol–water partition coefficient (Wildman–Crippen LogP) is 1.40. The second-order valence-corrected chi connectivity index (χ2v) is 3.81. The van der Waals surface area contributed by atoms with Crippen LogP contribution in [0.25, 0.3) is 0 Å². The van der Waals surface area contributed by atoms with Gasteiger partial charge in [-0.3, -0.25) is 4.79 Å². The summed E-state index contributed by atoms with van der Waals surface area (Å²) in [5.74, 6) is 0.687. The molecule has 0 aromatic carbocycles. The van der Waals surface area contributed by atoms with Crippen LogP contribution in [0.1, 0.15) is 26.7 Å². The minimum absolute atomic E-state index is 0.0421. The van der Waals surface area contributed by atoms with Crippen LogP contribution in [0.15, 0.2) is 0 Å².